The van der Waals surface area contributed by atoms with E-state index in [1.54, 1.807) is 0 Å². The van der Waals surface area contributed by atoms with E-state index in [-0.39, 0.29) is 58.9 Å². The van der Waals surface area contributed by atoms with Crippen LogP contribution in [0.25, 0.3) is 5.57 Å². The molecule has 2 aromatic rings. The Hall–Kier alpha value is -1.30. The molecule has 1 N–H and O–H groups in total. The molecule has 0 spiro atoms. The number of aromatic nitrogens is 2. The number of hydrogen-bond donors (Lipinski definition) is 1. The van der Waals surface area contributed by atoms with Gasteiger partial charge in [0.1, 0.15) is 21.4 Å². The third kappa shape index (κ3) is 4.42. The number of aryl methyl sites for hydroxylation is 1. The molecule has 4 rings (SSSR count). The van der Waals surface area contributed by atoms with Crippen LogP contribution in [-0.4, -0.2) is 49.1 Å². The van der Waals surface area contributed by atoms with Gasteiger partial charge in [-0.2, -0.15) is 0 Å². The van der Waals surface area contributed by atoms with Crippen molar-refractivity contribution < 1.29 is 44.3 Å². The fourth-order valence-corrected chi connectivity index (χ4v) is 5.59. The van der Waals surface area contributed by atoms with Crippen molar-refractivity contribution in [2.75, 3.05) is 5.75 Å². The average Bonchev–Trinajstić information content (AvgIpc) is 3.11. The predicted octanol–water partition coefficient (Wildman–Crippen LogP) is -2.11. The van der Waals surface area contributed by atoms with Gasteiger partial charge in [-0.05, 0) is 17.5 Å². The Kier molecular flexibility index (Phi) is 7.13. The quantitative estimate of drug-likeness (QED) is 0.314. The van der Waals surface area contributed by atoms with Crippen LogP contribution in [0.1, 0.15) is 15.6 Å². The van der Waals surface area contributed by atoms with E-state index in [9.17, 15) is 14.7 Å². The third-order valence-electron chi connectivity index (χ3n) is 4.47. The van der Waals surface area contributed by atoms with Crippen molar-refractivity contribution in [3.05, 3.63) is 51.6 Å². The first kappa shape index (κ1) is 22.4. The van der Waals surface area contributed by atoms with E-state index >= 15 is 0 Å². The molecule has 2 amide bonds. The van der Waals surface area contributed by atoms with E-state index < -0.39 is 11.1 Å². The van der Waals surface area contributed by atoms with Gasteiger partial charge in [0.2, 0.25) is 5.91 Å². The van der Waals surface area contributed by atoms with Crippen LogP contribution in [0.4, 0.5) is 0 Å². The number of thioether (sulfide) groups is 1. The Labute approximate surface area is 203 Å². The second-order valence-corrected chi connectivity index (χ2v) is 9.02. The van der Waals surface area contributed by atoms with Crippen molar-refractivity contribution in [2.45, 2.75) is 24.8 Å². The van der Waals surface area contributed by atoms with Crippen LogP contribution in [0.3, 0.4) is 0 Å². The van der Waals surface area contributed by atoms with Crippen molar-refractivity contribution in [2.24, 2.45) is 0 Å². The van der Waals surface area contributed by atoms with Crippen LogP contribution in [0.2, 0.25) is 0 Å². The maximum atomic E-state index is 12.7. The molecule has 1 fully saturated rings. The van der Waals surface area contributed by atoms with Crippen molar-refractivity contribution in [3.63, 3.8) is 0 Å². The van der Waals surface area contributed by atoms with Crippen molar-refractivity contribution in [3.8, 4) is 0 Å². The number of fused-ring (bicyclic) bond motifs is 1. The molecule has 7 nitrogen and oxygen atoms in total. The van der Waals surface area contributed by atoms with Gasteiger partial charge < -0.3 is 10.4 Å². The van der Waals surface area contributed by atoms with Gasteiger partial charge in [-0.3, -0.25) is 14.5 Å². The topological polar surface area (TPSA) is 98.2 Å². The summed E-state index contributed by atoms with van der Waals surface area (Å²) in [6.45, 7) is 1.82. The summed E-state index contributed by atoms with van der Waals surface area (Å²) < 4.78 is 0. The molecular weight excluding hydrogens is 439 g/mol. The molecule has 1 aromatic carbocycles. The second kappa shape index (κ2) is 9.23. The Morgan fingerprint density at radius 1 is 1.34 bits per heavy atom. The number of thiocarbonyl (C=S) groups is 1. The van der Waals surface area contributed by atoms with Crippen LogP contribution < -0.4 is 40.0 Å². The van der Waals surface area contributed by atoms with Crippen LogP contribution in [0.5, 0.6) is 0 Å². The van der Waals surface area contributed by atoms with E-state index in [1.807, 2.05) is 37.3 Å². The van der Waals surface area contributed by atoms with E-state index in [0.717, 1.165) is 10.6 Å². The summed E-state index contributed by atoms with van der Waals surface area (Å²) in [5, 5.41) is 23.4. The van der Waals surface area contributed by atoms with Crippen LogP contribution in [0.15, 0.2) is 36.0 Å². The Bertz CT molecular complexity index is 995. The molecule has 2 aliphatic heterocycles. The Morgan fingerprint density at radius 2 is 2.07 bits per heavy atom. The Morgan fingerprint density at radius 3 is 2.69 bits per heavy atom. The van der Waals surface area contributed by atoms with Crippen molar-refractivity contribution in [1.29, 1.82) is 0 Å². The summed E-state index contributed by atoms with van der Waals surface area (Å²) in [7, 11) is 0. The third-order valence-corrected chi connectivity index (χ3v) is 6.84. The fourth-order valence-electron chi connectivity index (χ4n) is 3.20. The summed E-state index contributed by atoms with van der Waals surface area (Å²) in [5.74, 6) is -0.0811. The Balaban J connectivity index is 0.00000240. The van der Waals surface area contributed by atoms with Crippen molar-refractivity contribution in [1.82, 2.24) is 20.4 Å². The molecule has 1 aromatic heterocycles. The van der Waals surface area contributed by atoms with Gasteiger partial charge in [-0.1, -0.05) is 53.9 Å². The minimum atomic E-state index is -0.664. The molecule has 1 saturated heterocycles. The standard InChI is InChI=1S/C18H16N4O3S3.Na/c1-9-20-21-15(28-9)11-8-27-17-13(16(24)22(17)14(11)18(25)26)19-12(23)7-10-5-3-2-4-6-10;/h2-6,13,17H,7-8H2,1H3,(H,19,23)(H,25,26);/q;+1/p-1/t13-,17-;/m1./s1. The van der Waals surface area contributed by atoms with Crippen LogP contribution in [-0.2, 0) is 16.0 Å². The van der Waals surface area contributed by atoms with Gasteiger partial charge in [-0.15, -0.1) is 22.0 Å². The van der Waals surface area contributed by atoms with Gasteiger partial charge >= 0.3 is 29.6 Å². The second-order valence-electron chi connectivity index (χ2n) is 6.36. The molecule has 0 aliphatic carbocycles. The van der Waals surface area contributed by atoms with Crippen molar-refractivity contribution >= 4 is 57.8 Å². The molecule has 11 heteroatoms. The van der Waals surface area contributed by atoms with E-state index in [0.29, 0.717) is 16.3 Å². The van der Waals surface area contributed by atoms with E-state index in [1.165, 1.54) is 28.0 Å². The zero-order valence-electron chi connectivity index (χ0n) is 15.7. The zero-order valence-corrected chi connectivity index (χ0v) is 20.2. The number of amides is 2. The van der Waals surface area contributed by atoms with Crippen LogP contribution in [0, 0.1) is 6.92 Å². The van der Waals surface area contributed by atoms with E-state index in [2.05, 4.69) is 15.5 Å². The van der Waals surface area contributed by atoms with Gasteiger partial charge in [0.15, 0.2) is 0 Å². The maximum absolute atomic E-state index is 12.7. The molecule has 0 bridgehead atoms. The molecule has 29 heavy (non-hydrogen) atoms. The normalized spacial score (nSPS) is 20.4. The van der Waals surface area contributed by atoms with Crippen LogP contribution >= 0.6 is 35.3 Å². The zero-order chi connectivity index (χ0) is 19.8. The molecular formula is C18H15N4NaO3S3. The minimum Gasteiger partial charge on any atom is -0.863 e. The molecule has 2 atom stereocenters. The maximum Gasteiger partial charge on any atom is 1.00 e. The summed E-state index contributed by atoms with van der Waals surface area (Å²) in [6, 6.07) is 8.65. The number of β-lactam (4-membered cyclic amide) rings is 1. The average molecular weight is 455 g/mol. The SMILES string of the molecule is Cc1nnc(C2=C(C([O-])=S)N3C(=O)[C@@H](NC(=O)Cc4ccccc4)[C@H]3SC2)s1.[Na+]. The summed E-state index contributed by atoms with van der Waals surface area (Å²) in [6.07, 6.45) is 0.194. The first-order chi connectivity index (χ1) is 13.5. The first-order valence-electron chi connectivity index (χ1n) is 8.48. The monoisotopic (exact) mass is 454 g/mol. The molecule has 0 unspecified atom stereocenters. The molecule has 0 saturated carbocycles. The number of nitrogens with zero attached hydrogens (tertiary/aromatic N) is 3. The summed E-state index contributed by atoms with van der Waals surface area (Å²) in [5.41, 5.74) is 1.69. The van der Waals surface area contributed by atoms with Gasteiger partial charge in [0.05, 0.1) is 12.1 Å². The largest absolute Gasteiger partial charge is 1.00 e. The summed E-state index contributed by atoms with van der Waals surface area (Å²) in [4.78, 5) is 26.4. The number of carbonyl (C=O) groups is 2. The van der Waals surface area contributed by atoms with Gasteiger partial charge in [-0.25, -0.2) is 0 Å². The number of nitrogens with one attached hydrogen (secondary N) is 1. The molecule has 3 heterocycles. The molecule has 2 aliphatic rings. The fraction of sp³-hybridized carbons (Fsp3) is 0.278. The number of carbonyl (C=O) groups excluding carboxylic acids is 2. The number of hydrogen-bond acceptors (Lipinski definition) is 8. The molecule has 0 radical (unpaired) electrons. The molecule has 144 valence electrons. The van der Waals surface area contributed by atoms with Gasteiger partial charge in [0, 0.05) is 11.3 Å². The predicted molar refractivity (Wildman–Crippen MR) is 109 cm³/mol. The minimum absolute atomic E-state index is 0. The van der Waals surface area contributed by atoms with E-state index in [4.69, 9.17) is 12.2 Å². The smallest absolute Gasteiger partial charge is 0.863 e. The summed E-state index contributed by atoms with van der Waals surface area (Å²) >= 11 is 7.72. The number of rotatable bonds is 5. The first-order valence-corrected chi connectivity index (χ1v) is 10.8. The number of benzene rings is 1. The van der Waals surface area contributed by atoms with Gasteiger partial charge in [0.25, 0.3) is 5.91 Å².